The molecule has 1 aromatic rings. The number of benzene rings is 1. The highest BCUT2D eigenvalue weighted by Crippen LogP contribution is 2.05. The molecule has 1 rings (SSSR count). The van der Waals surface area contributed by atoms with Crippen LogP contribution in [-0.2, 0) is 16.1 Å². The van der Waals surface area contributed by atoms with Gasteiger partial charge in [-0.2, -0.15) is 0 Å². The zero-order chi connectivity index (χ0) is 11.1. The van der Waals surface area contributed by atoms with Crippen molar-refractivity contribution in [3.8, 4) is 0 Å². The average Bonchev–Trinajstić information content (AvgIpc) is 2.18. The second-order valence-electron chi connectivity index (χ2n) is 3.70. The van der Waals surface area contributed by atoms with Gasteiger partial charge in [-0.1, -0.05) is 37.3 Å². The largest absolute Gasteiger partial charge is 0.481 e. The zero-order valence-corrected chi connectivity index (χ0v) is 8.85. The van der Waals surface area contributed by atoms with Crippen molar-refractivity contribution >= 4 is 5.97 Å². The Bertz CT molecular complexity index is 295. The van der Waals surface area contributed by atoms with Gasteiger partial charge in [0.1, 0.15) is 0 Å². The summed E-state index contributed by atoms with van der Waals surface area (Å²) in [5, 5.41) is 8.54. The Labute approximate surface area is 89.7 Å². The maximum Gasteiger partial charge on any atom is 0.303 e. The van der Waals surface area contributed by atoms with Gasteiger partial charge in [0.2, 0.25) is 0 Å². The molecule has 1 aromatic carbocycles. The van der Waals surface area contributed by atoms with Crippen molar-refractivity contribution in [2.45, 2.75) is 20.0 Å². The SMILES string of the molecule is CC(COCc1ccccc1)CC(=O)O. The summed E-state index contributed by atoms with van der Waals surface area (Å²) in [6, 6.07) is 9.85. The third kappa shape index (κ3) is 5.18. The molecule has 0 spiro atoms. The topological polar surface area (TPSA) is 46.5 Å². The molecule has 0 amide bonds. The van der Waals surface area contributed by atoms with Gasteiger partial charge in [-0.25, -0.2) is 0 Å². The molecule has 1 unspecified atom stereocenters. The Morgan fingerprint density at radius 2 is 2.07 bits per heavy atom. The normalized spacial score (nSPS) is 12.3. The maximum atomic E-state index is 10.4. The van der Waals surface area contributed by atoms with Gasteiger partial charge in [0.15, 0.2) is 0 Å². The van der Waals surface area contributed by atoms with Gasteiger partial charge >= 0.3 is 5.97 Å². The van der Waals surface area contributed by atoms with Crippen LogP contribution in [0.25, 0.3) is 0 Å². The number of carbonyl (C=O) groups is 1. The summed E-state index contributed by atoms with van der Waals surface area (Å²) in [6.45, 7) is 2.91. The summed E-state index contributed by atoms with van der Waals surface area (Å²) in [7, 11) is 0. The van der Waals surface area contributed by atoms with E-state index in [4.69, 9.17) is 9.84 Å². The molecule has 0 saturated carbocycles. The Balaban J connectivity index is 2.19. The Morgan fingerprint density at radius 1 is 1.40 bits per heavy atom. The standard InChI is InChI=1S/C12H16O3/c1-10(7-12(13)14)8-15-9-11-5-3-2-4-6-11/h2-6,10H,7-9H2,1H3,(H,13,14). The van der Waals surface area contributed by atoms with Crippen LogP contribution in [0, 0.1) is 5.92 Å². The highest BCUT2D eigenvalue weighted by atomic mass is 16.5. The molecule has 0 radical (unpaired) electrons. The fraction of sp³-hybridized carbons (Fsp3) is 0.417. The van der Waals surface area contributed by atoms with E-state index < -0.39 is 5.97 Å². The molecule has 3 nitrogen and oxygen atoms in total. The quantitative estimate of drug-likeness (QED) is 0.780. The molecule has 0 aromatic heterocycles. The van der Waals surface area contributed by atoms with Crippen LogP contribution in [0.4, 0.5) is 0 Å². The first kappa shape index (κ1) is 11.7. The van der Waals surface area contributed by atoms with Crippen LogP contribution in [0.3, 0.4) is 0 Å². The summed E-state index contributed by atoms with van der Waals surface area (Å²) < 4.78 is 5.42. The van der Waals surface area contributed by atoms with E-state index in [0.717, 1.165) is 5.56 Å². The molecule has 1 atom stereocenters. The third-order valence-corrected chi connectivity index (χ3v) is 2.04. The van der Waals surface area contributed by atoms with E-state index in [-0.39, 0.29) is 12.3 Å². The van der Waals surface area contributed by atoms with E-state index in [0.29, 0.717) is 13.2 Å². The molecule has 15 heavy (non-hydrogen) atoms. The number of ether oxygens (including phenoxy) is 1. The first-order chi connectivity index (χ1) is 7.18. The molecule has 0 bridgehead atoms. The lowest BCUT2D eigenvalue weighted by atomic mass is 10.1. The number of hydrogen-bond donors (Lipinski definition) is 1. The Hall–Kier alpha value is -1.35. The first-order valence-electron chi connectivity index (χ1n) is 5.02. The molecular weight excluding hydrogens is 192 g/mol. The van der Waals surface area contributed by atoms with Gasteiger partial charge in [-0.05, 0) is 11.5 Å². The van der Waals surface area contributed by atoms with E-state index >= 15 is 0 Å². The van der Waals surface area contributed by atoms with Crippen LogP contribution in [0.1, 0.15) is 18.9 Å². The molecule has 0 aliphatic heterocycles. The summed E-state index contributed by atoms with van der Waals surface area (Å²) in [5.41, 5.74) is 1.11. The van der Waals surface area contributed by atoms with E-state index in [2.05, 4.69) is 0 Å². The summed E-state index contributed by atoms with van der Waals surface area (Å²) in [4.78, 5) is 10.4. The van der Waals surface area contributed by atoms with E-state index in [1.165, 1.54) is 0 Å². The van der Waals surface area contributed by atoms with Crippen molar-refractivity contribution in [2.24, 2.45) is 5.92 Å². The first-order valence-corrected chi connectivity index (χ1v) is 5.02. The summed E-state index contributed by atoms with van der Waals surface area (Å²) >= 11 is 0. The lowest BCUT2D eigenvalue weighted by Gasteiger charge is -2.09. The minimum absolute atomic E-state index is 0.0613. The van der Waals surface area contributed by atoms with Gasteiger partial charge in [-0.15, -0.1) is 0 Å². The van der Waals surface area contributed by atoms with Gasteiger partial charge < -0.3 is 9.84 Å². The molecule has 82 valence electrons. The predicted octanol–water partition coefficient (Wildman–Crippen LogP) is 2.31. The van der Waals surface area contributed by atoms with E-state index in [1.54, 1.807) is 0 Å². The Kier molecular flexibility index (Phi) is 4.84. The third-order valence-electron chi connectivity index (χ3n) is 2.04. The minimum atomic E-state index is -0.772. The molecule has 1 N–H and O–H groups in total. The molecule has 0 heterocycles. The fourth-order valence-electron chi connectivity index (χ4n) is 1.31. The number of rotatable bonds is 6. The van der Waals surface area contributed by atoms with Gasteiger partial charge in [0.25, 0.3) is 0 Å². The van der Waals surface area contributed by atoms with Crippen molar-refractivity contribution < 1.29 is 14.6 Å². The molecule has 0 fully saturated rings. The van der Waals surface area contributed by atoms with Crippen molar-refractivity contribution in [1.82, 2.24) is 0 Å². The summed E-state index contributed by atoms with van der Waals surface area (Å²) in [5.74, 6) is -0.711. The number of hydrogen-bond acceptors (Lipinski definition) is 2. The molecule has 0 aliphatic rings. The van der Waals surface area contributed by atoms with E-state index in [1.807, 2.05) is 37.3 Å². The Morgan fingerprint density at radius 3 is 2.67 bits per heavy atom. The van der Waals surface area contributed by atoms with Crippen LogP contribution < -0.4 is 0 Å². The van der Waals surface area contributed by atoms with Crippen molar-refractivity contribution in [1.29, 1.82) is 0 Å². The lowest BCUT2D eigenvalue weighted by Crippen LogP contribution is -2.10. The van der Waals surface area contributed by atoms with Crippen LogP contribution in [0.5, 0.6) is 0 Å². The maximum absolute atomic E-state index is 10.4. The number of carboxylic acids is 1. The fourth-order valence-corrected chi connectivity index (χ4v) is 1.31. The van der Waals surface area contributed by atoms with Gasteiger partial charge in [0, 0.05) is 0 Å². The molecule has 0 saturated heterocycles. The van der Waals surface area contributed by atoms with Crippen molar-refractivity contribution in [3.05, 3.63) is 35.9 Å². The smallest absolute Gasteiger partial charge is 0.303 e. The van der Waals surface area contributed by atoms with Crippen LogP contribution in [-0.4, -0.2) is 17.7 Å². The van der Waals surface area contributed by atoms with Crippen molar-refractivity contribution in [3.63, 3.8) is 0 Å². The van der Waals surface area contributed by atoms with Crippen molar-refractivity contribution in [2.75, 3.05) is 6.61 Å². The number of aliphatic carboxylic acids is 1. The van der Waals surface area contributed by atoms with Crippen LogP contribution in [0.15, 0.2) is 30.3 Å². The highest BCUT2D eigenvalue weighted by Gasteiger charge is 2.07. The van der Waals surface area contributed by atoms with Crippen LogP contribution >= 0.6 is 0 Å². The molecular formula is C12H16O3. The highest BCUT2D eigenvalue weighted by molar-refractivity contribution is 5.66. The lowest BCUT2D eigenvalue weighted by molar-refractivity contribution is -0.138. The average molecular weight is 208 g/mol. The molecule has 3 heteroatoms. The monoisotopic (exact) mass is 208 g/mol. The van der Waals surface area contributed by atoms with Gasteiger partial charge in [-0.3, -0.25) is 4.79 Å². The minimum Gasteiger partial charge on any atom is -0.481 e. The zero-order valence-electron chi connectivity index (χ0n) is 8.85. The van der Waals surface area contributed by atoms with E-state index in [9.17, 15) is 4.79 Å². The molecule has 0 aliphatic carbocycles. The van der Waals surface area contributed by atoms with Gasteiger partial charge in [0.05, 0.1) is 19.6 Å². The summed E-state index contributed by atoms with van der Waals surface area (Å²) in [6.07, 6.45) is 0.161. The second-order valence-corrected chi connectivity index (χ2v) is 3.70. The number of carboxylic acid groups (broad SMARTS) is 1. The van der Waals surface area contributed by atoms with Crippen LogP contribution in [0.2, 0.25) is 0 Å². The second kappa shape index (κ2) is 6.19. The predicted molar refractivity (Wildman–Crippen MR) is 57.5 cm³/mol.